The SMILES string of the molecule is CCOC(=O)C1=C(C)NC(C)=C(C(=O)OC)C1c1c(C)nn(-c2ccccc2)c1Cl. The van der Waals surface area contributed by atoms with Crippen molar-refractivity contribution in [3.05, 3.63) is 69.3 Å². The van der Waals surface area contributed by atoms with Gasteiger partial charge in [0, 0.05) is 17.0 Å². The molecule has 158 valence electrons. The number of esters is 2. The van der Waals surface area contributed by atoms with E-state index in [2.05, 4.69) is 10.4 Å². The van der Waals surface area contributed by atoms with Crippen LogP contribution in [0.25, 0.3) is 5.69 Å². The third kappa shape index (κ3) is 3.73. The van der Waals surface area contributed by atoms with Gasteiger partial charge in [-0.1, -0.05) is 29.8 Å². The Balaban J connectivity index is 2.27. The van der Waals surface area contributed by atoms with E-state index in [1.807, 2.05) is 30.3 Å². The van der Waals surface area contributed by atoms with E-state index in [-0.39, 0.29) is 6.61 Å². The monoisotopic (exact) mass is 429 g/mol. The number of hydrogen-bond donors (Lipinski definition) is 1. The molecule has 8 heteroatoms. The quantitative estimate of drug-likeness (QED) is 0.728. The number of ether oxygens (including phenoxy) is 2. The molecule has 7 nitrogen and oxygen atoms in total. The number of nitrogens with one attached hydrogen (secondary N) is 1. The number of dihydropyridines is 1. The molecule has 0 spiro atoms. The number of benzene rings is 1. The first kappa shape index (κ1) is 21.6. The molecular weight excluding hydrogens is 406 g/mol. The minimum Gasteiger partial charge on any atom is -0.466 e. The Hall–Kier alpha value is -3.06. The van der Waals surface area contributed by atoms with Crippen LogP contribution in [0, 0.1) is 6.92 Å². The average molecular weight is 430 g/mol. The number of rotatable bonds is 5. The van der Waals surface area contributed by atoms with Crippen LogP contribution in [0.3, 0.4) is 0 Å². The Morgan fingerprint density at radius 2 is 1.70 bits per heavy atom. The molecule has 1 aliphatic heterocycles. The van der Waals surface area contributed by atoms with E-state index in [9.17, 15) is 9.59 Å². The number of nitrogens with zero attached hydrogens (tertiary/aromatic N) is 2. The molecule has 1 aliphatic rings. The number of aromatic nitrogens is 2. The van der Waals surface area contributed by atoms with Crippen molar-refractivity contribution in [1.82, 2.24) is 15.1 Å². The number of para-hydroxylation sites is 1. The molecule has 0 saturated carbocycles. The number of methoxy groups -OCH3 is 1. The zero-order valence-corrected chi connectivity index (χ0v) is 18.3. The first-order valence-electron chi connectivity index (χ1n) is 9.56. The lowest BCUT2D eigenvalue weighted by molar-refractivity contribution is -0.139. The van der Waals surface area contributed by atoms with E-state index < -0.39 is 17.9 Å². The average Bonchev–Trinajstić information content (AvgIpc) is 3.01. The van der Waals surface area contributed by atoms with Gasteiger partial charge >= 0.3 is 11.9 Å². The van der Waals surface area contributed by atoms with E-state index >= 15 is 0 Å². The minimum atomic E-state index is -0.775. The summed E-state index contributed by atoms with van der Waals surface area (Å²) in [5.74, 6) is -1.85. The van der Waals surface area contributed by atoms with Crippen LogP contribution in [0.5, 0.6) is 0 Å². The molecule has 0 amide bonds. The van der Waals surface area contributed by atoms with E-state index in [1.54, 1.807) is 32.4 Å². The summed E-state index contributed by atoms with van der Waals surface area (Å²) in [5, 5.41) is 7.99. The number of hydrogen-bond acceptors (Lipinski definition) is 6. The Morgan fingerprint density at radius 3 is 2.27 bits per heavy atom. The van der Waals surface area contributed by atoms with E-state index in [1.165, 1.54) is 7.11 Å². The van der Waals surface area contributed by atoms with Crippen LogP contribution in [0.4, 0.5) is 0 Å². The van der Waals surface area contributed by atoms with Crippen molar-refractivity contribution in [1.29, 1.82) is 0 Å². The molecule has 1 atom stereocenters. The van der Waals surface area contributed by atoms with Crippen molar-refractivity contribution >= 4 is 23.5 Å². The summed E-state index contributed by atoms with van der Waals surface area (Å²) in [6.07, 6.45) is 0. The maximum atomic E-state index is 12.9. The van der Waals surface area contributed by atoms with Gasteiger partial charge in [-0.05, 0) is 39.8 Å². The van der Waals surface area contributed by atoms with Gasteiger partial charge in [-0.3, -0.25) is 0 Å². The smallest absolute Gasteiger partial charge is 0.336 e. The predicted octanol–water partition coefficient (Wildman–Crippen LogP) is 3.81. The highest BCUT2D eigenvalue weighted by Gasteiger charge is 2.41. The Morgan fingerprint density at radius 1 is 1.10 bits per heavy atom. The van der Waals surface area contributed by atoms with E-state index in [0.717, 1.165) is 5.69 Å². The van der Waals surface area contributed by atoms with Gasteiger partial charge in [0.2, 0.25) is 0 Å². The van der Waals surface area contributed by atoms with Crippen LogP contribution in [-0.2, 0) is 19.1 Å². The summed E-state index contributed by atoms with van der Waals surface area (Å²) in [6, 6.07) is 9.41. The first-order chi connectivity index (χ1) is 14.3. The summed E-state index contributed by atoms with van der Waals surface area (Å²) < 4.78 is 11.9. The molecule has 0 fully saturated rings. The van der Waals surface area contributed by atoms with Gasteiger partial charge in [0.1, 0.15) is 5.15 Å². The molecule has 0 saturated heterocycles. The lowest BCUT2D eigenvalue weighted by atomic mass is 9.80. The molecule has 0 aliphatic carbocycles. The summed E-state index contributed by atoms with van der Waals surface area (Å²) in [5.41, 5.74) is 3.70. The van der Waals surface area contributed by atoms with Crippen LogP contribution in [0.1, 0.15) is 37.9 Å². The zero-order chi connectivity index (χ0) is 22.0. The van der Waals surface area contributed by atoms with Gasteiger partial charge in [0.25, 0.3) is 0 Å². The topological polar surface area (TPSA) is 82.4 Å². The summed E-state index contributed by atoms with van der Waals surface area (Å²) >= 11 is 6.78. The van der Waals surface area contributed by atoms with Crippen molar-refractivity contribution in [2.45, 2.75) is 33.6 Å². The van der Waals surface area contributed by atoms with Crippen molar-refractivity contribution in [3.8, 4) is 5.69 Å². The Labute approximate surface area is 180 Å². The van der Waals surface area contributed by atoms with Crippen molar-refractivity contribution in [2.24, 2.45) is 0 Å². The largest absolute Gasteiger partial charge is 0.466 e. The normalized spacial score (nSPS) is 16.4. The van der Waals surface area contributed by atoms with Gasteiger partial charge < -0.3 is 14.8 Å². The molecule has 1 unspecified atom stereocenters. The van der Waals surface area contributed by atoms with Gasteiger partial charge in [-0.15, -0.1) is 0 Å². The molecule has 1 N–H and O–H groups in total. The fourth-order valence-corrected chi connectivity index (χ4v) is 4.10. The van der Waals surface area contributed by atoms with Gasteiger partial charge in [-0.25, -0.2) is 14.3 Å². The van der Waals surface area contributed by atoms with Gasteiger partial charge in [0.05, 0.1) is 42.2 Å². The number of carbonyl (C=O) groups excluding carboxylic acids is 2. The minimum absolute atomic E-state index is 0.203. The van der Waals surface area contributed by atoms with Gasteiger partial charge in [0.15, 0.2) is 0 Å². The second-order valence-corrected chi connectivity index (χ2v) is 7.24. The predicted molar refractivity (Wildman–Crippen MR) is 113 cm³/mol. The number of aryl methyl sites for hydroxylation is 1. The molecule has 1 aromatic heterocycles. The highest BCUT2D eigenvalue weighted by atomic mass is 35.5. The van der Waals surface area contributed by atoms with E-state index in [0.29, 0.717) is 39.0 Å². The summed E-state index contributed by atoms with van der Waals surface area (Å²) in [4.78, 5) is 25.6. The van der Waals surface area contributed by atoms with Crippen LogP contribution >= 0.6 is 11.6 Å². The third-order valence-corrected chi connectivity index (χ3v) is 5.36. The Bertz CT molecular complexity index is 1050. The molecule has 30 heavy (non-hydrogen) atoms. The lowest BCUT2D eigenvalue weighted by Crippen LogP contribution is -2.32. The van der Waals surface area contributed by atoms with Crippen molar-refractivity contribution < 1.29 is 19.1 Å². The number of allylic oxidation sites excluding steroid dienone is 2. The third-order valence-electron chi connectivity index (χ3n) is 5.00. The van der Waals surface area contributed by atoms with Crippen molar-refractivity contribution in [3.63, 3.8) is 0 Å². The molecule has 3 rings (SSSR count). The summed E-state index contributed by atoms with van der Waals surface area (Å²) in [7, 11) is 1.30. The lowest BCUT2D eigenvalue weighted by Gasteiger charge is -2.30. The van der Waals surface area contributed by atoms with Gasteiger partial charge in [-0.2, -0.15) is 5.10 Å². The Kier molecular flexibility index (Phi) is 6.31. The molecular formula is C22H24ClN3O4. The number of halogens is 1. The maximum absolute atomic E-state index is 12.9. The van der Waals surface area contributed by atoms with Crippen LogP contribution in [-0.4, -0.2) is 35.4 Å². The molecule has 1 aromatic carbocycles. The molecule has 0 bridgehead atoms. The fourth-order valence-electron chi connectivity index (χ4n) is 3.72. The van der Waals surface area contributed by atoms with Crippen LogP contribution in [0.15, 0.2) is 52.9 Å². The highest BCUT2D eigenvalue weighted by Crippen LogP contribution is 2.43. The van der Waals surface area contributed by atoms with E-state index in [4.69, 9.17) is 21.1 Å². The standard InChI is InChI=1S/C22H24ClN3O4/c1-6-30-22(28)18-13(3)24-12(2)17(21(27)29-5)19(18)16-14(4)25-26(20(16)23)15-10-8-7-9-11-15/h7-11,19,24H,6H2,1-5H3. The molecule has 0 radical (unpaired) electrons. The maximum Gasteiger partial charge on any atom is 0.336 e. The summed E-state index contributed by atoms with van der Waals surface area (Å²) in [6.45, 7) is 7.25. The molecule has 2 aromatic rings. The second kappa shape index (κ2) is 8.75. The second-order valence-electron chi connectivity index (χ2n) is 6.88. The zero-order valence-electron chi connectivity index (χ0n) is 17.6. The number of carbonyl (C=O) groups is 2. The molecule has 2 heterocycles. The highest BCUT2D eigenvalue weighted by molar-refractivity contribution is 6.31. The van der Waals surface area contributed by atoms with Crippen molar-refractivity contribution in [2.75, 3.05) is 13.7 Å². The first-order valence-corrected chi connectivity index (χ1v) is 9.94. The van der Waals surface area contributed by atoms with Crippen LogP contribution < -0.4 is 5.32 Å². The van der Waals surface area contributed by atoms with Crippen LogP contribution in [0.2, 0.25) is 5.15 Å². The fraction of sp³-hybridized carbons (Fsp3) is 0.318.